The van der Waals surface area contributed by atoms with Crippen molar-refractivity contribution in [2.45, 2.75) is 37.4 Å². The first-order valence-electron chi connectivity index (χ1n) is 9.77. The quantitative estimate of drug-likeness (QED) is 0.292. The van der Waals surface area contributed by atoms with E-state index in [1.54, 1.807) is 0 Å². The third kappa shape index (κ3) is 4.75. The maximum absolute atomic E-state index is 6.05. The highest BCUT2D eigenvalue weighted by atomic mass is 32.1. The van der Waals surface area contributed by atoms with E-state index in [0.29, 0.717) is 19.6 Å². The van der Waals surface area contributed by atoms with Gasteiger partial charge in [0.05, 0.1) is 13.2 Å². The topological polar surface area (TPSA) is 43.5 Å². The van der Waals surface area contributed by atoms with E-state index in [0.717, 1.165) is 62.0 Å². The van der Waals surface area contributed by atoms with E-state index in [4.69, 9.17) is 44.2 Å². The van der Waals surface area contributed by atoms with Crippen LogP contribution < -0.4 is 10.2 Å². The van der Waals surface area contributed by atoms with Crippen LogP contribution in [0.1, 0.15) is 23.1 Å². The Balaban J connectivity index is 1.70. The molecule has 0 radical (unpaired) electrons. The maximum Gasteiger partial charge on any atom is 0.141 e. The Morgan fingerprint density at radius 3 is 2.31 bits per heavy atom. The lowest BCUT2D eigenvalue weighted by Gasteiger charge is -2.22. The SMILES string of the molecule is Bc1c(S)c(OCC2CO2)c(C)c(C)c1C1=CC=C(OCC2CO2)CC(P)=C1S. The number of hydrogen-bond acceptors (Lipinski definition) is 6. The zero-order valence-corrected chi connectivity index (χ0v) is 19.9. The van der Waals surface area contributed by atoms with Gasteiger partial charge in [-0.25, -0.2) is 0 Å². The summed E-state index contributed by atoms with van der Waals surface area (Å²) in [6.45, 7) is 6.95. The minimum absolute atomic E-state index is 0.211. The van der Waals surface area contributed by atoms with Gasteiger partial charge in [-0.05, 0) is 53.6 Å². The molecule has 4 nitrogen and oxygen atoms in total. The van der Waals surface area contributed by atoms with Crippen molar-refractivity contribution in [3.8, 4) is 5.75 Å². The van der Waals surface area contributed by atoms with E-state index < -0.39 is 0 Å². The van der Waals surface area contributed by atoms with Gasteiger partial charge in [-0.15, -0.1) is 34.5 Å². The third-order valence-electron chi connectivity index (χ3n) is 5.53. The number of hydrogen-bond donors (Lipinski definition) is 2. The molecular formula is C21H26BO4PS2. The molecule has 154 valence electrons. The van der Waals surface area contributed by atoms with Gasteiger partial charge in [0.2, 0.25) is 0 Å². The van der Waals surface area contributed by atoms with Crippen LogP contribution in [-0.4, -0.2) is 46.5 Å². The average molecular weight is 448 g/mol. The first-order valence-corrected chi connectivity index (χ1v) is 11.2. The van der Waals surface area contributed by atoms with Crippen molar-refractivity contribution in [2.75, 3.05) is 26.4 Å². The molecule has 1 aromatic carbocycles. The third-order valence-corrected chi connectivity index (χ3v) is 7.33. The Morgan fingerprint density at radius 1 is 1.07 bits per heavy atom. The van der Waals surface area contributed by atoms with Crippen molar-refractivity contribution in [2.24, 2.45) is 0 Å². The summed E-state index contributed by atoms with van der Waals surface area (Å²) in [5, 5.41) is 1.10. The maximum atomic E-state index is 6.05. The highest BCUT2D eigenvalue weighted by Crippen LogP contribution is 2.40. The Hall–Kier alpha value is -0.845. The standard InChI is InChI=1S/C21H26BO4PS2/c1-10-11(2)19(26-9-14-8-25-14)21(29)18(22)17(10)15-4-3-12(5-16(27)20(15)28)23-6-13-7-24-13/h3-4,13-14,28-29H,5-9,22,27H2,1-2H3. The number of ether oxygens (including phenoxy) is 4. The zero-order valence-electron chi connectivity index (χ0n) is 16.9. The summed E-state index contributed by atoms with van der Waals surface area (Å²) >= 11 is 9.67. The van der Waals surface area contributed by atoms with E-state index in [1.807, 2.05) is 6.08 Å². The molecule has 1 aliphatic carbocycles. The molecule has 2 fully saturated rings. The fourth-order valence-corrected chi connectivity index (χ4v) is 4.42. The second-order valence-electron chi connectivity index (χ2n) is 7.72. The molecule has 0 N–H and O–H groups in total. The lowest BCUT2D eigenvalue weighted by Crippen LogP contribution is -2.19. The molecule has 2 aliphatic heterocycles. The summed E-state index contributed by atoms with van der Waals surface area (Å²) in [4.78, 5) is 1.82. The van der Waals surface area contributed by atoms with E-state index in [9.17, 15) is 0 Å². The van der Waals surface area contributed by atoms with Crippen LogP contribution in [0, 0.1) is 13.8 Å². The highest BCUT2D eigenvalue weighted by molar-refractivity contribution is 7.85. The monoisotopic (exact) mass is 448 g/mol. The van der Waals surface area contributed by atoms with Crippen molar-refractivity contribution >= 4 is 53.4 Å². The van der Waals surface area contributed by atoms with Crippen LogP contribution in [0.15, 0.2) is 33.0 Å². The molecule has 0 saturated carbocycles. The van der Waals surface area contributed by atoms with Crippen LogP contribution in [0.3, 0.4) is 0 Å². The lowest BCUT2D eigenvalue weighted by atomic mass is 9.81. The van der Waals surface area contributed by atoms with Crippen molar-refractivity contribution in [3.63, 3.8) is 0 Å². The van der Waals surface area contributed by atoms with Crippen LogP contribution in [0.4, 0.5) is 0 Å². The largest absolute Gasteiger partial charge is 0.495 e. The van der Waals surface area contributed by atoms with Gasteiger partial charge in [-0.2, -0.15) is 0 Å². The van der Waals surface area contributed by atoms with Crippen molar-refractivity contribution in [3.05, 3.63) is 44.8 Å². The molecule has 0 bridgehead atoms. The minimum atomic E-state index is 0.211. The van der Waals surface area contributed by atoms with Gasteiger partial charge in [-0.3, -0.25) is 0 Å². The molecule has 3 atom stereocenters. The summed E-state index contributed by atoms with van der Waals surface area (Å²) in [7, 11) is 4.91. The van der Waals surface area contributed by atoms with Crippen LogP contribution in [0.2, 0.25) is 0 Å². The summed E-state index contributed by atoms with van der Waals surface area (Å²) in [5.41, 5.74) is 5.58. The summed E-state index contributed by atoms with van der Waals surface area (Å²) < 4.78 is 22.5. The van der Waals surface area contributed by atoms with Gasteiger partial charge < -0.3 is 18.9 Å². The smallest absolute Gasteiger partial charge is 0.141 e. The molecule has 3 aliphatic rings. The summed E-state index contributed by atoms with van der Waals surface area (Å²) in [6.07, 6.45) is 5.31. The minimum Gasteiger partial charge on any atom is -0.495 e. The number of allylic oxidation sites excluding steroid dienone is 4. The molecule has 0 amide bonds. The number of thiol groups is 2. The van der Waals surface area contributed by atoms with Gasteiger partial charge in [-0.1, -0.05) is 5.46 Å². The first kappa shape index (κ1) is 21.4. The molecule has 4 rings (SSSR count). The Kier molecular flexibility index (Phi) is 6.43. The van der Waals surface area contributed by atoms with Crippen molar-refractivity contribution in [1.82, 2.24) is 0 Å². The van der Waals surface area contributed by atoms with Crippen molar-refractivity contribution in [1.29, 1.82) is 0 Å². The summed E-state index contributed by atoms with van der Waals surface area (Å²) in [6, 6.07) is 0. The van der Waals surface area contributed by atoms with Gasteiger partial charge >= 0.3 is 0 Å². The molecule has 2 saturated heterocycles. The fraction of sp³-hybridized carbons (Fsp3) is 0.429. The average Bonchev–Trinajstić information content (AvgIpc) is 3.59. The first-order chi connectivity index (χ1) is 13.9. The van der Waals surface area contributed by atoms with Gasteiger partial charge in [0.1, 0.15) is 44.8 Å². The van der Waals surface area contributed by atoms with Gasteiger partial charge in [0, 0.05) is 16.2 Å². The van der Waals surface area contributed by atoms with Crippen LogP contribution >= 0.6 is 34.5 Å². The molecule has 0 spiro atoms. The lowest BCUT2D eigenvalue weighted by molar-refractivity contribution is 0.179. The Bertz CT molecular complexity index is 904. The molecule has 0 aromatic heterocycles. The Labute approximate surface area is 186 Å². The van der Waals surface area contributed by atoms with E-state index in [-0.39, 0.29) is 12.2 Å². The predicted molar refractivity (Wildman–Crippen MR) is 129 cm³/mol. The van der Waals surface area contributed by atoms with Gasteiger partial charge in [0.25, 0.3) is 0 Å². The second-order valence-corrected chi connectivity index (χ2v) is 9.32. The highest BCUT2D eigenvalue weighted by Gasteiger charge is 2.27. The number of epoxide rings is 2. The number of rotatable bonds is 7. The molecule has 2 heterocycles. The number of benzene rings is 1. The van der Waals surface area contributed by atoms with E-state index >= 15 is 0 Å². The van der Waals surface area contributed by atoms with E-state index in [2.05, 4.69) is 37.0 Å². The normalized spacial score (nSPS) is 23.3. The van der Waals surface area contributed by atoms with Crippen LogP contribution in [0.25, 0.3) is 5.57 Å². The van der Waals surface area contributed by atoms with Gasteiger partial charge in [0.15, 0.2) is 0 Å². The summed E-state index contributed by atoms with van der Waals surface area (Å²) in [5.74, 6) is 1.77. The van der Waals surface area contributed by atoms with Crippen LogP contribution in [-0.2, 0) is 14.2 Å². The molecule has 1 aromatic rings. The predicted octanol–water partition coefficient (Wildman–Crippen LogP) is 2.73. The molecule has 29 heavy (non-hydrogen) atoms. The van der Waals surface area contributed by atoms with E-state index in [1.165, 1.54) is 5.56 Å². The Morgan fingerprint density at radius 2 is 1.69 bits per heavy atom. The fourth-order valence-electron chi connectivity index (χ4n) is 3.45. The second kappa shape index (κ2) is 8.72. The van der Waals surface area contributed by atoms with Crippen molar-refractivity contribution < 1.29 is 18.9 Å². The zero-order chi connectivity index (χ0) is 20.7. The van der Waals surface area contributed by atoms with Crippen LogP contribution in [0.5, 0.6) is 5.75 Å². The molecule has 3 unspecified atom stereocenters. The molecule has 8 heteroatoms. The molecular weight excluding hydrogens is 422 g/mol.